The summed E-state index contributed by atoms with van der Waals surface area (Å²) < 4.78 is 46.5. The molecule has 1 saturated carbocycles. The van der Waals surface area contributed by atoms with Crippen LogP contribution in [0.4, 0.5) is 13.2 Å². The molecule has 2 aromatic rings. The molecule has 0 aromatic carbocycles. The van der Waals surface area contributed by atoms with Crippen LogP contribution >= 0.6 is 0 Å². The molecule has 1 unspecified atom stereocenters. The zero-order valence-electron chi connectivity index (χ0n) is 11.7. The minimum Gasteiger partial charge on any atom is -0.448 e. The van der Waals surface area contributed by atoms with Gasteiger partial charge in [0.15, 0.2) is 17.3 Å². The van der Waals surface area contributed by atoms with Crippen LogP contribution in [0.5, 0.6) is 0 Å². The Hall–Kier alpha value is -2.25. The predicted molar refractivity (Wildman–Crippen MR) is 71.0 cm³/mol. The fraction of sp³-hybridized carbons (Fsp3) is 0.429. The molecule has 0 spiro atoms. The molecule has 22 heavy (non-hydrogen) atoms. The van der Waals surface area contributed by atoms with Crippen molar-refractivity contribution in [3.8, 4) is 11.6 Å². The van der Waals surface area contributed by atoms with E-state index in [1.807, 2.05) is 0 Å². The average Bonchev–Trinajstić information content (AvgIpc) is 2.96. The second-order valence-corrected chi connectivity index (χ2v) is 5.47. The Morgan fingerprint density at radius 2 is 2.14 bits per heavy atom. The maximum absolute atomic E-state index is 13.4. The molecule has 2 heterocycles. The van der Waals surface area contributed by atoms with Crippen LogP contribution in [-0.4, -0.2) is 21.6 Å². The average molecular weight is 313 g/mol. The standard InChI is InChI=1S/C14H14F3N3O2/c1-7-6-20(11(8-2-3-8)14(15,16)17)13(19-7)10-5-4-9(22-10)12(18)21/h4-6,8,11H,2-3H2,1H3,(H2,18,21). The predicted octanol–water partition coefficient (Wildman–Crippen LogP) is 3.06. The summed E-state index contributed by atoms with van der Waals surface area (Å²) in [5, 5.41) is 0. The van der Waals surface area contributed by atoms with Crippen molar-refractivity contribution < 1.29 is 22.4 Å². The second kappa shape index (κ2) is 4.89. The van der Waals surface area contributed by atoms with Crippen molar-refractivity contribution in [3.05, 3.63) is 29.8 Å². The van der Waals surface area contributed by atoms with Crippen molar-refractivity contribution in [1.29, 1.82) is 0 Å². The van der Waals surface area contributed by atoms with Crippen molar-refractivity contribution >= 4 is 5.91 Å². The third-order valence-corrected chi connectivity index (χ3v) is 3.63. The lowest BCUT2D eigenvalue weighted by molar-refractivity contribution is -0.172. The van der Waals surface area contributed by atoms with E-state index < -0.39 is 24.0 Å². The highest BCUT2D eigenvalue weighted by molar-refractivity contribution is 5.90. The van der Waals surface area contributed by atoms with E-state index in [0.717, 1.165) is 4.57 Å². The third-order valence-electron chi connectivity index (χ3n) is 3.63. The first-order valence-electron chi connectivity index (χ1n) is 6.79. The van der Waals surface area contributed by atoms with Crippen molar-refractivity contribution in [1.82, 2.24) is 9.55 Å². The van der Waals surface area contributed by atoms with Crippen molar-refractivity contribution in [2.24, 2.45) is 11.7 Å². The number of amides is 1. The number of rotatable bonds is 4. The van der Waals surface area contributed by atoms with Gasteiger partial charge in [0.25, 0.3) is 5.91 Å². The number of carbonyl (C=O) groups is 1. The van der Waals surface area contributed by atoms with Crippen LogP contribution in [0.1, 0.15) is 35.1 Å². The first-order chi connectivity index (χ1) is 10.3. The van der Waals surface area contributed by atoms with Crippen LogP contribution in [0.15, 0.2) is 22.7 Å². The number of nitrogens with zero attached hydrogens (tertiary/aromatic N) is 2. The fourth-order valence-corrected chi connectivity index (χ4v) is 2.57. The molecular weight excluding hydrogens is 299 g/mol. The van der Waals surface area contributed by atoms with E-state index in [0.29, 0.717) is 18.5 Å². The number of aryl methyl sites for hydroxylation is 1. The van der Waals surface area contributed by atoms with E-state index in [1.165, 1.54) is 18.3 Å². The number of hydrogen-bond donors (Lipinski definition) is 1. The number of hydrogen-bond acceptors (Lipinski definition) is 3. The first-order valence-corrected chi connectivity index (χ1v) is 6.79. The molecule has 5 nitrogen and oxygen atoms in total. The molecule has 118 valence electrons. The van der Waals surface area contributed by atoms with Gasteiger partial charge < -0.3 is 14.7 Å². The summed E-state index contributed by atoms with van der Waals surface area (Å²) in [7, 11) is 0. The summed E-state index contributed by atoms with van der Waals surface area (Å²) >= 11 is 0. The van der Waals surface area contributed by atoms with Gasteiger partial charge >= 0.3 is 6.18 Å². The van der Waals surface area contributed by atoms with Crippen LogP contribution in [0, 0.1) is 12.8 Å². The minimum atomic E-state index is -4.37. The largest absolute Gasteiger partial charge is 0.448 e. The van der Waals surface area contributed by atoms with Gasteiger partial charge in [-0.25, -0.2) is 4.98 Å². The molecule has 2 N–H and O–H groups in total. The minimum absolute atomic E-state index is 0.0548. The van der Waals surface area contributed by atoms with E-state index in [4.69, 9.17) is 10.2 Å². The molecule has 1 aliphatic carbocycles. The molecule has 0 bridgehead atoms. The zero-order valence-corrected chi connectivity index (χ0v) is 11.7. The maximum atomic E-state index is 13.4. The molecule has 3 rings (SSSR count). The summed E-state index contributed by atoms with van der Waals surface area (Å²) in [6.45, 7) is 1.61. The van der Waals surface area contributed by atoms with Crippen LogP contribution in [-0.2, 0) is 0 Å². The molecule has 0 radical (unpaired) electrons. The third kappa shape index (κ3) is 2.60. The van der Waals surface area contributed by atoms with Gasteiger partial charge in [-0.2, -0.15) is 13.2 Å². The normalized spacial score (nSPS) is 16.7. The number of aromatic nitrogens is 2. The topological polar surface area (TPSA) is 74.0 Å². The monoisotopic (exact) mass is 313 g/mol. The molecule has 1 atom stereocenters. The number of alkyl halides is 3. The second-order valence-electron chi connectivity index (χ2n) is 5.47. The van der Waals surface area contributed by atoms with Gasteiger partial charge in [0, 0.05) is 6.20 Å². The van der Waals surface area contributed by atoms with Crippen LogP contribution in [0.3, 0.4) is 0 Å². The molecule has 1 amide bonds. The van der Waals surface area contributed by atoms with Crippen molar-refractivity contribution in [2.45, 2.75) is 32.0 Å². The number of halogens is 3. The summed E-state index contributed by atoms with van der Waals surface area (Å²) in [5.41, 5.74) is 5.54. The fourth-order valence-electron chi connectivity index (χ4n) is 2.57. The maximum Gasteiger partial charge on any atom is 0.409 e. The molecule has 2 aromatic heterocycles. The van der Waals surface area contributed by atoms with Crippen LogP contribution in [0.25, 0.3) is 11.6 Å². The lowest BCUT2D eigenvalue weighted by Gasteiger charge is -2.22. The highest BCUT2D eigenvalue weighted by Crippen LogP contribution is 2.49. The Morgan fingerprint density at radius 3 is 2.64 bits per heavy atom. The lowest BCUT2D eigenvalue weighted by Crippen LogP contribution is -2.28. The summed E-state index contributed by atoms with van der Waals surface area (Å²) in [5.74, 6) is -1.19. The Morgan fingerprint density at radius 1 is 1.45 bits per heavy atom. The number of carbonyl (C=O) groups excluding carboxylic acids is 1. The van der Waals surface area contributed by atoms with Gasteiger partial charge in [-0.05, 0) is 37.8 Å². The molecule has 0 saturated heterocycles. The number of imidazole rings is 1. The van der Waals surface area contributed by atoms with Gasteiger partial charge in [-0.1, -0.05) is 0 Å². The summed E-state index contributed by atoms with van der Waals surface area (Å²) in [4.78, 5) is 15.2. The van der Waals surface area contributed by atoms with Gasteiger partial charge in [0.1, 0.15) is 6.04 Å². The van der Waals surface area contributed by atoms with Crippen molar-refractivity contribution in [2.75, 3.05) is 0 Å². The molecule has 8 heteroatoms. The van der Waals surface area contributed by atoms with E-state index in [-0.39, 0.29) is 17.3 Å². The van der Waals surface area contributed by atoms with Gasteiger partial charge in [0.2, 0.25) is 0 Å². The van der Waals surface area contributed by atoms with E-state index in [1.54, 1.807) is 6.92 Å². The highest BCUT2D eigenvalue weighted by Gasteiger charge is 2.51. The Balaban J connectivity index is 2.07. The van der Waals surface area contributed by atoms with Gasteiger partial charge in [-0.15, -0.1) is 0 Å². The SMILES string of the molecule is Cc1cn(C(C2CC2)C(F)(F)F)c(-c2ccc(C(N)=O)o2)n1. The smallest absolute Gasteiger partial charge is 0.409 e. The zero-order chi connectivity index (χ0) is 16.1. The number of furan rings is 1. The quantitative estimate of drug-likeness (QED) is 0.942. The molecule has 1 fully saturated rings. The molecular formula is C14H14F3N3O2. The highest BCUT2D eigenvalue weighted by atomic mass is 19.4. The summed E-state index contributed by atoms with van der Waals surface area (Å²) in [6, 6.07) is 1.09. The van der Waals surface area contributed by atoms with Crippen LogP contribution in [0.2, 0.25) is 0 Å². The van der Waals surface area contributed by atoms with Gasteiger partial charge in [0.05, 0.1) is 5.69 Å². The molecule has 0 aliphatic heterocycles. The van der Waals surface area contributed by atoms with Gasteiger partial charge in [-0.3, -0.25) is 4.79 Å². The van der Waals surface area contributed by atoms with Crippen molar-refractivity contribution in [3.63, 3.8) is 0 Å². The molecule has 1 aliphatic rings. The summed E-state index contributed by atoms with van der Waals surface area (Å²) in [6.07, 6.45) is -1.95. The van der Waals surface area contributed by atoms with E-state index >= 15 is 0 Å². The Kier molecular flexibility index (Phi) is 3.26. The first kappa shape index (κ1) is 14.7. The van der Waals surface area contributed by atoms with E-state index in [9.17, 15) is 18.0 Å². The van der Waals surface area contributed by atoms with E-state index in [2.05, 4.69) is 4.98 Å². The lowest BCUT2D eigenvalue weighted by atomic mass is 10.1. The number of primary amides is 1. The number of nitrogens with two attached hydrogens (primary N) is 1. The Labute approximate surface area is 123 Å². The van der Waals surface area contributed by atoms with Crippen LogP contribution < -0.4 is 5.73 Å². The Bertz CT molecular complexity index is 713.